The van der Waals surface area contributed by atoms with Crippen LogP contribution in [-0.4, -0.2) is 18.6 Å². The van der Waals surface area contributed by atoms with Gasteiger partial charge in [-0.3, -0.25) is 0 Å². The van der Waals surface area contributed by atoms with Crippen LogP contribution >= 0.6 is 11.6 Å². The number of benzene rings is 1. The molecule has 0 bridgehead atoms. The molecule has 0 aromatic heterocycles. The van der Waals surface area contributed by atoms with Gasteiger partial charge in [-0.1, -0.05) is 37.9 Å². The first kappa shape index (κ1) is 15.2. The zero-order chi connectivity index (χ0) is 14.8. The van der Waals surface area contributed by atoms with E-state index in [-0.39, 0.29) is 0 Å². The lowest BCUT2D eigenvalue weighted by Crippen LogP contribution is -2.43. The second-order valence-corrected chi connectivity index (χ2v) is 7.34. The third-order valence-corrected chi connectivity index (χ3v) is 5.29. The molecule has 2 unspecified atom stereocenters. The van der Waals surface area contributed by atoms with Crippen molar-refractivity contribution in [1.82, 2.24) is 5.32 Å². The zero-order valence-electron chi connectivity index (χ0n) is 13.2. The van der Waals surface area contributed by atoms with Crippen LogP contribution in [0, 0.1) is 5.92 Å². The van der Waals surface area contributed by atoms with E-state index in [1.54, 1.807) is 0 Å². The highest BCUT2D eigenvalue weighted by Crippen LogP contribution is 2.40. The van der Waals surface area contributed by atoms with Gasteiger partial charge in [0.05, 0.1) is 0 Å². The van der Waals surface area contributed by atoms with Gasteiger partial charge in [0.1, 0.15) is 0 Å². The molecule has 1 heterocycles. The summed E-state index contributed by atoms with van der Waals surface area (Å²) in [4.78, 5) is 2.66. The molecule has 1 saturated heterocycles. The molecule has 1 aliphatic carbocycles. The predicted molar refractivity (Wildman–Crippen MR) is 91.1 cm³/mol. The summed E-state index contributed by atoms with van der Waals surface area (Å²) in [6.07, 6.45) is 6.91. The van der Waals surface area contributed by atoms with Crippen molar-refractivity contribution in [2.24, 2.45) is 5.92 Å². The van der Waals surface area contributed by atoms with E-state index in [2.05, 4.69) is 36.2 Å². The second kappa shape index (κ2) is 6.58. The van der Waals surface area contributed by atoms with Crippen LogP contribution in [-0.2, 0) is 6.54 Å². The quantitative estimate of drug-likeness (QED) is 0.874. The van der Waals surface area contributed by atoms with E-state index in [0.29, 0.717) is 6.04 Å². The number of rotatable bonds is 4. The SMILES string of the molecule is CC(C)NCc1ccc(Cl)cc1N1CCCC2CCCC21. The molecule has 2 atom stereocenters. The standard InChI is InChI=1S/C18H27ClN2/c1-13(2)20-12-15-8-9-16(19)11-18(15)21-10-4-6-14-5-3-7-17(14)21/h8-9,11,13-14,17,20H,3-7,10,12H2,1-2H3. The largest absolute Gasteiger partial charge is 0.368 e. The highest BCUT2D eigenvalue weighted by Gasteiger charge is 2.35. The minimum absolute atomic E-state index is 0.508. The van der Waals surface area contributed by atoms with Gasteiger partial charge < -0.3 is 10.2 Å². The molecule has 1 aliphatic heterocycles. The van der Waals surface area contributed by atoms with Crippen LogP contribution in [0.2, 0.25) is 5.02 Å². The fraction of sp³-hybridized carbons (Fsp3) is 0.667. The Labute approximate surface area is 133 Å². The van der Waals surface area contributed by atoms with Gasteiger partial charge in [0.15, 0.2) is 0 Å². The number of halogens is 1. The van der Waals surface area contributed by atoms with Crippen LogP contribution in [0.15, 0.2) is 18.2 Å². The lowest BCUT2D eigenvalue weighted by atomic mass is 9.91. The van der Waals surface area contributed by atoms with Crippen LogP contribution in [0.5, 0.6) is 0 Å². The Bertz CT molecular complexity index is 486. The maximum absolute atomic E-state index is 6.29. The van der Waals surface area contributed by atoms with Gasteiger partial charge in [0, 0.05) is 35.9 Å². The Balaban J connectivity index is 1.86. The van der Waals surface area contributed by atoms with Gasteiger partial charge in [-0.25, -0.2) is 0 Å². The molecule has 0 amide bonds. The molecule has 0 radical (unpaired) electrons. The van der Waals surface area contributed by atoms with E-state index >= 15 is 0 Å². The first-order valence-electron chi connectivity index (χ1n) is 8.43. The van der Waals surface area contributed by atoms with Gasteiger partial charge >= 0.3 is 0 Å². The molecule has 116 valence electrons. The smallest absolute Gasteiger partial charge is 0.0429 e. The lowest BCUT2D eigenvalue weighted by Gasteiger charge is -2.40. The Hall–Kier alpha value is -0.730. The average molecular weight is 307 g/mol. The van der Waals surface area contributed by atoms with E-state index in [1.165, 1.54) is 49.9 Å². The van der Waals surface area contributed by atoms with Crippen molar-refractivity contribution in [1.29, 1.82) is 0 Å². The van der Waals surface area contributed by atoms with E-state index < -0.39 is 0 Å². The summed E-state index contributed by atoms with van der Waals surface area (Å²) in [5.74, 6) is 0.906. The van der Waals surface area contributed by atoms with Gasteiger partial charge in [0.25, 0.3) is 0 Å². The Kier molecular flexibility index (Phi) is 4.75. The van der Waals surface area contributed by atoms with Crippen LogP contribution < -0.4 is 10.2 Å². The minimum Gasteiger partial charge on any atom is -0.368 e. The highest BCUT2D eigenvalue weighted by atomic mass is 35.5. The molecular weight excluding hydrogens is 280 g/mol. The van der Waals surface area contributed by atoms with Crippen molar-refractivity contribution < 1.29 is 0 Å². The van der Waals surface area contributed by atoms with Gasteiger partial charge in [-0.2, -0.15) is 0 Å². The fourth-order valence-electron chi connectivity index (χ4n) is 4.02. The maximum atomic E-state index is 6.29. The van der Waals surface area contributed by atoms with Crippen molar-refractivity contribution in [2.45, 2.75) is 64.6 Å². The molecule has 2 nitrogen and oxygen atoms in total. The topological polar surface area (TPSA) is 15.3 Å². The van der Waals surface area contributed by atoms with Crippen molar-refractivity contribution in [2.75, 3.05) is 11.4 Å². The number of nitrogens with one attached hydrogen (secondary N) is 1. The molecule has 2 fully saturated rings. The van der Waals surface area contributed by atoms with Crippen molar-refractivity contribution in [3.8, 4) is 0 Å². The lowest BCUT2D eigenvalue weighted by molar-refractivity contribution is 0.361. The van der Waals surface area contributed by atoms with Gasteiger partial charge in [0.2, 0.25) is 0 Å². The summed E-state index contributed by atoms with van der Waals surface area (Å²) in [6.45, 7) is 6.52. The number of nitrogens with zero attached hydrogens (tertiary/aromatic N) is 1. The molecule has 1 aromatic carbocycles. The number of hydrogen-bond donors (Lipinski definition) is 1. The maximum Gasteiger partial charge on any atom is 0.0429 e. The average Bonchev–Trinajstić information content (AvgIpc) is 2.94. The molecule has 1 saturated carbocycles. The van der Waals surface area contributed by atoms with Crippen LogP contribution in [0.3, 0.4) is 0 Å². The molecule has 21 heavy (non-hydrogen) atoms. The highest BCUT2D eigenvalue weighted by molar-refractivity contribution is 6.30. The van der Waals surface area contributed by atoms with E-state index in [4.69, 9.17) is 11.6 Å². The normalized spacial score (nSPS) is 25.4. The Morgan fingerprint density at radius 2 is 2.05 bits per heavy atom. The molecule has 0 spiro atoms. The van der Waals surface area contributed by atoms with Crippen LogP contribution in [0.1, 0.15) is 51.5 Å². The minimum atomic E-state index is 0.508. The van der Waals surface area contributed by atoms with Gasteiger partial charge in [-0.15, -0.1) is 0 Å². The van der Waals surface area contributed by atoms with Crippen molar-refractivity contribution >= 4 is 17.3 Å². The molecule has 1 aromatic rings. The fourth-order valence-corrected chi connectivity index (χ4v) is 4.19. The summed E-state index contributed by atoms with van der Waals surface area (Å²) in [5, 5.41) is 4.41. The Morgan fingerprint density at radius 1 is 1.24 bits per heavy atom. The van der Waals surface area contributed by atoms with Crippen molar-refractivity contribution in [3.63, 3.8) is 0 Å². The van der Waals surface area contributed by atoms with Crippen LogP contribution in [0.25, 0.3) is 0 Å². The monoisotopic (exact) mass is 306 g/mol. The van der Waals surface area contributed by atoms with Crippen molar-refractivity contribution in [3.05, 3.63) is 28.8 Å². The predicted octanol–water partition coefficient (Wildman–Crippen LogP) is 4.61. The van der Waals surface area contributed by atoms with E-state index in [1.807, 2.05) is 6.07 Å². The van der Waals surface area contributed by atoms with Gasteiger partial charge in [-0.05, 0) is 49.3 Å². The second-order valence-electron chi connectivity index (χ2n) is 6.90. The number of anilines is 1. The first-order valence-corrected chi connectivity index (χ1v) is 8.81. The first-order chi connectivity index (χ1) is 10.1. The van der Waals surface area contributed by atoms with E-state index in [0.717, 1.165) is 23.5 Å². The van der Waals surface area contributed by atoms with E-state index in [9.17, 15) is 0 Å². The summed E-state index contributed by atoms with van der Waals surface area (Å²) < 4.78 is 0. The third kappa shape index (κ3) is 3.37. The molecular formula is C18H27ClN2. The number of fused-ring (bicyclic) bond motifs is 1. The summed E-state index contributed by atoms with van der Waals surface area (Å²) in [7, 11) is 0. The zero-order valence-corrected chi connectivity index (χ0v) is 14.0. The molecule has 2 aliphatic rings. The number of piperidine rings is 1. The van der Waals surface area contributed by atoms with Crippen LogP contribution in [0.4, 0.5) is 5.69 Å². The summed E-state index contributed by atoms with van der Waals surface area (Å²) >= 11 is 6.29. The molecule has 3 heteroatoms. The third-order valence-electron chi connectivity index (χ3n) is 5.05. The molecule has 3 rings (SSSR count). The number of hydrogen-bond acceptors (Lipinski definition) is 2. The summed E-state index contributed by atoms with van der Waals surface area (Å²) in [6, 6.07) is 7.66. The Morgan fingerprint density at radius 3 is 2.86 bits per heavy atom. The summed E-state index contributed by atoms with van der Waals surface area (Å²) in [5.41, 5.74) is 2.76. The molecule has 1 N–H and O–H groups in total.